The zero-order valence-corrected chi connectivity index (χ0v) is 13.5. The Bertz CT molecular complexity index is 520. The zero-order chi connectivity index (χ0) is 17.3. The van der Waals surface area contributed by atoms with Crippen LogP contribution in [0.3, 0.4) is 0 Å². The molecule has 0 heterocycles. The highest BCUT2D eigenvalue weighted by atomic mass is 14.3. The fraction of sp³-hybridized carbons (Fsp3) is 0.722. The molecule has 0 aromatic carbocycles. The van der Waals surface area contributed by atoms with Crippen LogP contribution < -0.4 is 0 Å². The molecule has 3 unspecified atom stereocenters. The molecule has 0 rings (SSSR count). The molecular weight excluding hydrogens is 286 g/mol. The van der Waals surface area contributed by atoms with E-state index in [4.69, 9.17) is 21.0 Å². The van der Waals surface area contributed by atoms with E-state index in [1.165, 1.54) is 0 Å². The van der Waals surface area contributed by atoms with Gasteiger partial charge in [-0.2, -0.15) is 26.3 Å². The number of hydrogen-bond acceptors (Lipinski definition) is 5. The van der Waals surface area contributed by atoms with Gasteiger partial charge in [0.05, 0.1) is 30.3 Å². The minimum absolute atomic E-state index is 0.0369. The molecule has 0 saturated carbocycles. The third-order valence-electron chi connectivity index (χ3n) is 3.96. The summed E-state index contributed by atoms with van der Waals surface area (Å²) in [7, 11) is 0. The van der Waals surface area contributed by atoms with Crippen molar-refractivity contribution in [2.24, 2.45) is 17.8 Å². The van der Waals surface area contributed by atoms with E-state index < -0.39 is 0 Å². The second kappa shape index (κ2) is 14.4. The minimum atomic E-state index is -0.150. The fourth-order valence-electron chi connectivity index (χ4n) is 2.50. The van der Waals surface area contributed by atoms with E-state index >= 15 is 0 Å². The average molecular weight is 309 g/mol. The van der Waals surface area contributed by atoms with Crippen molar-refractivity contribution < 1.29 is 0 Å². The predicted octanol–water partition coefficient (Wildman–Crippen LogP) is 4.35. The molecule has 0 aromatic heterocycles. The van der Waals surface area contributed by atoms with Crippen LogP contribution in [0, 0.1) is 74.4 Å². The topological polar surface area (TPSA) is 119 Å². The number of hydrogen-bond donors (Lipinski definition) is 0. The van der Waals surface area contributed by atoms with Gasteiger partial charge in [-0.3, -0.25) is 0 Å². The zero-order valence-electron chi connectivity index (χ0n) is 13.5. The Labute approximate surface area is 139 Å². The van der Waals surface area contributed by atoms with Crippen LogP contribution in [-0.2, 0) is 0 Å². The van der Waals surface area contributed by atoms with Gasteiger partial charge < -0.3 is 0 Å². The molecule has 23 heavy (non-hydrogen) atoms. The predicted molar refractivity (Wildman–Crippen MR) is 84.7 cm³/mol. The van der Waals surface area contributed by atoms with Gasteiger partial charge in [-0.05, 0) is 44.9 Å². The van der Waals surface area contributed by atoms with Gasteiger partial charge in [-0.25, -0.2) is 0 Å². The average Bonchev–Trinajstić information content (AvgIpc) is 2.58. The molecule has 0 N–H and O–H groups in total. The van der Waals surface area contributed by atoms with Crippen LogP contribution in [0.4, 0.5) is 0 Å². The normalized spacial score (nSPS) is 13.3. The first kappa shape index (κ1) is 20.5. The summed E-state index contributed by atoms with van der Waals surface area (Å²) in [6.07, 6.45) is 6.56. The highest BCUT2D eigenvalue weighted by molar-refractivity contribution is 4.90. The van der Waals surface area contributed by atoms with Crippen molar-refractivity contribution in [1.82, 2.24) is 0 Å². The van der Waals surface area contributed by atoms with Gasteiger partial charge in [-0.15, -0.1) is 0 Å². The molecule has 3 atom stereocenters. The Balaban J connectivity index is 4.04. The van der Waals surface area contributed by atoms with E-state index in [9.17, 15) is 5.26 Å². The molecule has 0 aliphatic rings. The molecule has 0 radical (unpaired) electrons. The molecule has 0 aromatic rings. The fourth-order valence-corrected chi connectivity index (χ4v) is 2.50. The van der Waals surface area contributed by atoms with Crippen molar-refractivity contribution in [3.05, 3.63) is 0 Å². The summed E-state index contributed by atoms with van der Waals surface area (Å²) >= 11 is 0. The molecule has 0 amide bonds. The molecule has 0 spiro atoms. The van der Waals surface area contributed by atoms with Gasteiger partial charge in [0.25, 0.3) is 0 Å². The molecule has 120 valence electrons. The smallest absolute Gasteiger partial charge is 0.0656 e. The van der Waals surface area contributed by atoms with Crippen molar-refractivity contribution in [3.63, 3.8) is 0 Å². The summed E-state index contributed by atoms with van der Waals surface area (Å²) in [5, 5.41) is 44.3. The second-order valence-corrected chi connectivity index (χ2v) is 5.73. The minimum Gasteiger partial charge on any atom is -0.198 e. The Morgan fingerprint density at radius 3 is 1.39 bits per heavy atom. The molecule has 5 heteroatoms. The largest absolute Gasteiger partial charge is 0.198 e. The quantitative estimate of drug-likeness (QED) is 0.496. The molecular formula is C18H23N5. The maximum atomic E-state index is 9.20. The second-order valence-electron chi connectivity index (χ2n) is 5.73. The standard InChI is InChI=1S/C18H23N5/c19-11-2-1-5-16(13-21)6-3-7-17(14-22)9-10-18(15-23)8-4-12-20/h16-18H,1-10H2. The molecule has 5 nitrogen and oxygen atoms in total. The lowest BCUT2D eigenvalue weighted by molar-refractivity contribution is 0.429. The third-order valence-corrected chi connectivity index (χ3v) is 3.96. The Morgan fingerprint density at radius 2 is 0.913 bits per heavy atom. The summed E-state index contributed by atoms with van der Waals surface area (Å²) in [4.78, 5) is 0. The van der Waals surface area contributed by atoms with Crippen LogP contribution in [0.5, 0.6) is 0 Å². The lowest BCUT2D eigenvalue weighted by Gasteiger charge is -2.12. The van der Waals surface area contributed by atoms with Crippen molar-refractivity contribution in [2.45, 2.75) is 64.2 Å². The van der Waals surface area contributed by atoms with Crippen LogP contribution in [-0.4, -0.2) is 0 Å². The number of nitrogens with zero attached hydrogens (tertiary/aromatic N) is 5. The van der Waals surface area contributed by atoms with E-state index in [1.807, 2.05) is 6.07 Å². The van der Waals surface area contributed by atoms with Gasteiger partial charge in [0, 0.05) is 30.6 Å². The summed E-state index contributed by atoms with van der Waals surface area (Å²) in [5.74, 6) is -0.278. The maximum absolute atomic E-state index is 9.20. The number of unbranched alkanes of at least 4 members (excludes halogenated alkanes) is 1. The first-order valence-corrected chi connectivity index (χ1v) is 8.14. The van der Waals surface area contributed by atoms with Gasteiger partial charge in [0.15, 0.2) is 0 Å². The maximum Gasteiger partial charge on any atom is 0.0656 e. The summed E-state index contributed by atoms with van der Waals surface area (Å²) in [6.45, 7) is 0. The van der Waals surface area contributed by atoms with E-state index in [0.29, 0.717) is 32.1 Å². The molecule has 0 bridgehead atoms. The number of nitriles is 5. The van der Waals surface area contributed by atoms with Crippen LogP contribution in [0.2, 0.25) is 0 Å². The molecule has 0 fully saturated rings. The summed E-state index contributed by atoms with van der Waals surface area (Å²) in [5.41, 5.74) is 0. The first-order valence-electron chi connectivity index (χ1n) is 8.14. The first-order chi connectivity index (χ1) is 11.2. The highest BCUT2D eigenvalue weighted by Crippen LogP contribution is 2.22. The monoisotopic (exact) mass is 309 g/mol. The Hall–Kier alpha value is -2.55. The van der Waals surface area contributed by atoms with Crippen LogP contribution in [0.15, 0.2) is 0 Å². The van der Waals surface area contributed by atoms with Gasteiger partial charge >= 0.3 is 0 Å². The van der Waals surface area contributed by atoms with E-state index in [2.05, 4.69) is 24.3 Å². The van der Waals surface area contributed by atoms with Crippen molar-refractivity contribution >= 4 is 0 Å². The van der Waals surface area contributed by atoms with Crippen LogP contribution in [0.1, 0.15) is 64.2 Å². The van der Waals surface area contributed by atoms with E-state index in [1.54, 1.807) is 0 Å². The number of rotatable bonds is 12. The third kappa shape index (κ3) is 10.8. The SMILES string of the molecule is N#CCCCC(C#N)CCCC(C#N)CCC(C#N)CCC#N. The lowest BCUT2D eigenvalue weighted by atomic mass is 9.89. The summed E-state index contributed by atoms with van der Waals surface area (Å²) < 4.78 is 0. The van der Waals surface area contributed by atoms with Crippen molar-refractivity contribution in [3.8, 4) is 30.3 Å². The Kier molecular flexibility index (Phi) is 12.8. The summed E-state index contributed by atoms with van der Waals surface area (Å²) in [6, 6.07) is 10.9. The van der Waals surface area contributed by atoms with E-state index in [-0.39, 0.29) is 17.8 Å². The lowest BCUT2D eigenvalue weighted by Crippen LogP contribution is -2.05. The Morgan fingerprint density at radius 1 is 0.478 bits per heavy atom. The molecule has 0 aliphatic heterocycles. The van der Waals surface area contributed by atoms with E-state index in [0.717, 1.165) is 32.1 Å². The van der Waals surface area contributed by atoms with Gasteiger partial charge in [0.2, 0.25) is 0 Å². The highest BCUT2D eigenvalue weighted by Gasteiger charge is 2.14. The van der Waals surface area contributed by atoms with Gasteiger partial charge in [-0.1, -0.05) is 6.42 Å². The van der Waals surface area contributed by atoms with Gasteiger partial charge in [0.1, 0.15) is 0 Å². The van der Waals surface area contributed by atoms with Crippen LogP contribution >= 0.6 is 0 Å². The van der Waals surface area contributed by atoms with Crippen molar-refractivity contribution in [1.29, 1.82) is 26.3 Å². The van der Waals surface area contributed by atoms with Crippen molar-refractivity contribution in [2.75, 3.05) is 0 Å². The molecule has 0 saturated heterocycles. The van der Waals surface area contributed by atoms with Crippen LogP contribution in [0.25, 0.3) is 0 Å². The molecule has 0 aliphatic carbocycles.